The summed E-state index contributed by atoms with van der Waals surface area (Å²) in [5, 5.41) is 14.1. The van der Waals surface area contributed by atoms with Crippen molar-refractivity contribution >= 4 is 34.2 Å². The zero-order chi connectivity index (χ0) is 17.1. The van der Waals surface area contributed by atoms with Crippen LogP contribution in [0.25, 0.3) is 6.08 Å². The second kappa shape index (κ2) is 6.69. The predicted octanol–water partition coefficient (Wildman–Crippen LogP) is 3.52. The lowest BCUT2D eigenvalue weighted by Crippen LogP contribution is -2.33. The van der Waals surface area contributed by atoms with Crippen molar-refractivity contribution in [1.82, 2.24) is 4.90 Å². The number of hydrogen-bond donors (Lipinski definition) is 1. The number of thiophene rings is 1. The summed E-state index contributed by atoms with van der Waals surface area (Å²) in [5.41, 5.74) is 2.39. The van der Waals surface area contributed by atoms with Crippen molar-refractivity contribution in [2.75, 3.05) is 5.32 Å². The molecule has 0 fully saturated rings. The van der Waals surface area contributed by atoms with E-state index in [2.05, 4.69) is 5.32 Å². The van der Waals surface area contributed by atoms with Crippen LogP contribution in [0.5, 0.6) is 0 Å². The summed E-state index contributed by atoms with van der Waals surface area (Å²) in [4.78, 5) is 25.9. The molecule has 5 nitrogen and oxygen atoms in total. The molecule has 1 atom stereocenters. The van der Waals surface area contributed by atoms with Crippen molar-refractivity contribution in [2.45, 2.75) is 19.4 Å². The van der Waals surface area contributed by atoms with Crippen molar-refractivity contribution in [3.8, 4) is 6.07 Å². The van der Waals surface area contributed by atoms with Crippen molar-refractivity contribution in [3.05, 3.63) is 58.6 Å². The maximum absolute atomic E-state index is 12.4. The Hall–Kier alpha value is -2.91. The van der Waals surface area contributed by atoms with Crippen molar-refractivity contribution in [2.24, 2.45) is 0 Å². The van der Waals surface area contributed by atoms with Gasteiger partial charge in [0.05, 0.1) is 18.0 Å². The Morgan fingerprint density at radius 3 is 2.88 bits per heavy atom. The van der Waals surface area contributed by atoms with Gasteiger partial charge in [-0.05, 0) is 28.6 Å². The van der Waals surface area contributed by atoms with Gasteiger partial charge in [0.2, 0.25) is 11.8 Å². The van der Waals surface area contributed by atoms with Crippen LogP contribution in [0.3, 0.4) is 0 Å². The van der Waals surface area contributed by atoms with Gasteiger partial charge in [-0.2, -0.15) is 5.26 Å². The van der Waals surface area contributed by atoms with Gasteiger partial charge in [0.15, 0.2) is 0 Å². The van der Waals surface area contributed by atoms with Crippen LogP contribution in [0, 0.1) is 11.3 Å². The topological polar surface area (TPSA) is 73.2 Å². The Balaban J connectivity index is 1.83. The van der Waals surface area contributed by atoms with Gasteiger partial charge in [0, 0.05) is 13.1 Å². The van der Waals surface area contributed by atoms with Gasteiger partial charge in [-0.15, -0.1) is 11.3 Å². The van der Waals surface area contributed by atoms with Crippen LogP contribution in [0.4, 0.5) is 5.00 Å². The first-order valence-corrected chi connectivity index (χ1v) is 8.31. The molecule has 1 aromatic carbocycles. The SMILES string of the molecule is CC(=O)N1C=Cc2ccccc2[C@@H]1CC(=O)Nc1sccc1C#N. The first-order chi connectivity index (χ1) is 11.6. The molecule has 0 unspecified atom stereocenters. The molecule has 0 saturated heterocycles. The minimum absolute atomic E-state index is 0.118. The lowest BCUT2D eigenvalue weighted by Gasteiger charge is -2.32. The van der Waals surface area contributed by atoms with Gasteiger partial charge in [-0.25, -0.2) is 0 Å². The summed E-state index contributed by atoms with van der Waals surface area (Å²) in [6.07, 6.45) is 3.72. The van der Waals surface area contributed by atoms with E-state index in [-0.39, 0.29) is 24.3 Å². The molecule has 1 aliphatic rings. The fourth-order valence-corrected chi connectivity index (χ4v) is 3.51. The second-order valence-corrected chi connectivity index (χ2v) is 6.33. The lowest BCUT2D eigenvalue weighted by atomic mass is 9.93. The number of nitrogens with one attached hydrogen (secondary N) is 1. The molecule has 1 aliphatic heterocycles. The summed E-state index contributed by atoms with van der Waals surface area (Å²) in [6, 6.07) is 11.1. The predicted molar refractivity (Wildman–Crippen MR) is 93.0 cm³/mol. The van der Waals surface area contributed by atoms with E-state index >= 15 is 0 Å². The third-order valence-corrected chi connectivity index (χ3v) is 4.72. The summed E-state index contributed by atoms with van der Waals surface area (Å²) in [5.74, 6) is -0.345. The Morgan fingerprint density at radius 1 is 1.33 bits per heavy atom. The lowest BCUT2D eigenvalue weighted by molar-refractivity contribution is -0.129. The van der Waals surface area contributed by atoms with Gasteiger partial charge in [0.25, 0.3) is 0 Å². The number of fused-ring (bicyclic) bond motifs is 1. The fraction of sp³-hybridized carbons (Fsp3) is 0.167. The number of anilines is 1. The van der Waals surface area contributed by atoms with E-state index in [1.54, 1.807) is 22.5 Å². The Kier molecular flexibility index (Phi) is 4.45. The summed E-state index contributed by atoms with van der Waals surface area (Å²) >= 11 is 1.31. The van der Waals surface area contributed by atoms with Crippen LogP contribution in [0.2, 0.25) is 0 Å². The van der Waals surface area contributed by atoms with Crippen LogP contribution in [-0.4, -0.2) is 16.7 Å². The number of rotatable bonds is 3. The number of carbonyl (C=O) groups excluding carboxylic acids is 2. The highest BCUT2D eigenvalue weighted by Crippen LogP contribution is 2.33. The molecule has 1 N–H and O–H groups in total. The van der Waals surface area contributed by atoms with Crippen molar-refractivity contribution in [1.29, 1.82) is 5.26 Å². The maximum Gasteiger partial charge on any atom is 0.227 e. The molecule has 2 amide bonds. The largest absolute Gasteiger partial charge is 0.317 e. The van der Waals surface area contributed by atoms with E-state index in [4.69, 9.17) is 5.26 Å². The van der Waals surface area contributed by atoms with Crippen LogP contribution in [0.15, 0.2) is 41.9 Å². The first kappa shape index (κ1) is 16.0. The second-order valence-electron chi connectivity index (χ2n) is 5.41. The van der Waals surface area contributed by atoms with Crippen LogP contribution in [0.1, 0.15) is 36.1 Å². The summed E-state index contributed by atoms with van der Waals surface area (Å²) in [6.45, 7) is 1.48. The highest BCUT2D eigenvalue weighted by molar-refractivity contribution is 7.14. The van der Waals surface area contributed by atoms with Gasteiger partial charge < -0.3 is 10.2 Å². The molecule has 0 spiro atoms. The Bertz CT molecular complexity index is 863. The molecule has 24 heavy (non-hydrogen) atoms. The maximum atomic E-state index is 12.4. The molecule has 2 aromatic rings. The minimum atomic E-state index is -0.353. The quantitative estimate of drug-likeness (QED) is 0.931. The smallest absolute Gasteiger partial charge is 0.227 e. The van der Waals surface area contributed by atoms with E-state index < -0.39 is 0 Å². The van der Waals surface area contributed by atoms with Gasteiger partial charge in [-0.1, -0.05) is 24.3 Å². The van der Waals surface area contributed by atoms with Gasteiger partial charge >= 0.3 is 0 Å². The molecule has 0 saturated carbocycles. The third-order valence-electron chi connectivity index (χ3n) is 3.89. The molecule has 0 bridgehead atoms. The normalized spacial score (nSPS) is 15.5. The van der Waals surface area contributed by atoms with E-state index in [1.165, 1.54) is 18.3 Å². The number of benzene rings is 1. The summed E-state index contributed by atoms with van der Waals surface area (Å²) < 4.78 is 0. The van der Waals surface area contributed by atoms with Gasteiger partial charge in [0.1, 0.15) is 11.1 Å². The number of amides is 2. The molecule has 6 heteroatoms. The highest BCUT2D eigenvalue weighted by atomic mass is 32.1. The molecule has 1 aromatic heterocycles. The zero-order valence-electron chi connectivity index (χ0n) is 13.0. The van der Waals surface area contributed by atoms with Crippen molar-refractivity contribution < 1.29 is 9.59 Å². The van der Waals surface area contributed by atoms with E-state index in [1.807, 2.05) is 36.4 Å². The Morgan fingerprint density at radius 2 is 2.12 bits per heavy atom. The van der Waals surface area contributed by atoms with Crippen molar-refractivity contribution in [3.63, 3.8) is 0 Å². The molecular weight excluding hydrogens is 322 g/mol. The average molecular weight is 337 g/mol. The molecule has 3 rings (SSSR count). The van der Waals surface area contributed by atoms with E-state index in [9.17, 15) is 9.59 Å². The molecular formula is C18H15N3O2S. The van der Waals surface area contributed by atoms with Crippen LogP contribution < -0.4 is 5.32 Å². The van der Waals surface area contributed by atoms with E-state index in [0.29, 0.717) is 10.6 Å². The molecule has 2 heterocycles. The monoisotopic (exact) mass is 337 g/mol. The molecule has 120 valence electrons. The number of nitriles is 1. The zero-order valence-corrected chi connectivity index (χ0v) is 13.8. The van der Waals surface area contributed by atoms with Crippen LogP contribution >= 0.6 is 11.3 Å². The number of nitrogens with zero attached hydrogens (tertiary/aromatic N) is 2. The molecule has 0 radical (unpaired) electrons. The minimum Gasteiger partial charge on any atom is -0.317 e. The highest BCUT2D eigenvalue weighted by Gasteiger charge is 2.28. The standard InChI is InChI=1S/C18H15N3O2S/c1-12(22)21-8-6-13-4-2-3-5-15(13)16(21)10-17(23)20-18-14(11-19)7-9-24-18/h2-9,16H,10H2,1H3,(H,20,23)/t16-/m0/s1. The van der Waals surface area contributed by atoms with Gasteiger partial charge in [-0.3, -0.25) is 9.59 Å². The third kappa shape index (κ3) is 3.07. The first-order valence-electron chi connectivity index (χ1n) is 7.43. The number of hydrogen-bond acceptors (Lipinski definition) is 4. The Labute approximate surface area is 143 Å². The number of carbonyl (C=O) groups is 2. The van der Waals surface area contributed by atoms with E-state index in [0.717, 1.165) is 11.1 Å². The fourth-order valence-electron chi connectivity index (χ4n) is 2.76. The molecule has 0 aliphatic carbocycles. The van der Waals surface area contributed by atoms with Crippen LogP contribution in [-0.2, 0) is 9.59 Å². The average Bonchev–Trinajstić information content (AvgIpc) is 3.01. The summed E-state index contributed by atoms with van der Waals surface area (Å²) in [7, 11) is 0.